The predicted octanol–water partition coefficient (Wildman–Crippen LogP) is 3.13. The van der Waals surface area contributed by atoms with E-state index in [4.69, 9.17) is 4.99 Å². The van der Waals surface area contributed by atoms with Crippen LogP contribution < -0.4 is 10.6 Å². The SMILES string of the molecule is CCNC(=NCC1CCCS1)NC1CC1c1ccccc1F. The van der Waals surface area contributed by atoms with Gasteiger partial charge < -0.3 is 10.6 Å². The van der Waals surface area contributed by atoms with Crippen molar-refractivity contribution in [3.05, 3.63) is 35.6 Å². The highest BCUT2D eigenvalue weighted by molar-refractivity contribution is 8.00. The van der Waals surface area contributed by atoms with Gasteiger partial charge in [-0.1, -0.05) is 18.2 Å². The Hall–Kier alpha value is -1.23. The van der Waals surface area contributed by atoms with Gasteiger partial charge in [0.05, 0.1) is 6.54 Å². The van der Waals surface area contributed by atoms with Crippen LogP contribution in [0.5, 0.6) is 0 Å². The molecule has 3 rings (SSSR count). The summed E-state index contributed by atoms with van der Waals surface area (Å²) in [6, 6.07) is 7.38. The molecule has 1 aromatic carbocycles. The Kier molecular flexibility index (Phi) is 5.24. The molecule has 2 aliphatic rings. The summed E-state index contributed by atoms with van der Waals surface area (Å²) in [6.45, 7) is 3.79. The Morgan fingerprint density at radius 2 is 2.27 bits per heavy atom. The second-order valence-corrected chi connectivity index (χ2v) is 7.38. The van der Waals surface area contributed by atoms with E-state index in [-0.39, 0.29) is 11.7 Å². The number of hydrogen-bond donors (Lipinski definition) is 2. The molecule has 1 heterocycles. The molecule has 1 saturated carbocycles. The molecule has 3 atom stereocenters. The van der Waals surface area contributed by atoms with Gasteiger partial charge in [0.2, 0.25) is 0 Å². The second kappa shape index (κ2) is 7.36. The molecule has 1 saturated heterocycles. The number of benzene rings is 1. The first-order chi connectivity index (χ1) is 10.8. The van der Waals surface area contributed by atoms with Crippen LogP contribution in [-0.4, -0.2) is 36.1 Å². The lowest BCUT2D eigenvalue weighted by Crippen LogP contribution is -2.39. The Morgan fingerprint density at radius 1 is 1.41 bits per heavy atom. The van der Waals surface area contributed by atoms with E-state index in [1.54, 1.807) is 12.1 Å². The predicted molar refractivity (Wildman–Crippen MR) is 92.1 cm³/mol. The van der Waals surface area contributed by atoms with Gasteiger partial charge in [0.1, 0.15) is 5.82 Å². The Balaban J connectivity index is 1.56. The van der Waals surface area contributed by atoms with Gasteiger partial charge in [-0.25, -0.2) is 4.39 Å². The average molecular weight is 321 g/mol. The van der Waals surface area contributed by atoms with Crippen molar-refractivity contribution in [3.8, 4) is 0 Å². The lowest BCUT2D eigenvalue weighted by molar-refractivity contribution is 0.607. The topological polar surface area (TPSA) is 36.4 Å². The summed E-state index contributed by atoms with van der Waals surface area (Å²) in [5.74, 6) is 2.31. The van der Waals surface area contributed by atoms with Crippen LogP contribution in [0.3, 0.4) is 0 Å². The molecule has 1 aromatic rings. The summed E-state index contributed by atoms with van der Waals surface area (Å²) >= 11 is 2.02. The maximum atomic E-state index is 13.8. The van der Waals surface area contributed by atoms with Crippen LogP contribution in [0.25, 0.3) is 0 Å². The van der Waals surface area contributed by atoms with Gasteiger partial charge in [0, 0.05) is 23.8 Å². The highest BCUT2D eigenvalue weighted by atomic mass is 32.2. The van der Waals surface area contributed by atoms with Crippen molar-refractivity contribution in [3.63, 3.8) is 0 Å². The van der Waals surface area contributed by atoms with Gasteiger partial charge in [-0.05, 0) is 43.6 Å². The van der Waals surface area contributed by atoms with Crippen LogP contribution >= 0.6 is 11.8 Å². The third kappa shape index (κ3) is 3.94. The molecule has 120 valence electrons. The number of rotatable bonds is 5. The Labute approximate surface area is 136 Å². The fourth-order valence-corrected chi connectivity index (χ4v) is 4.13. The Bertz CT molecular complexity index is 528. The molecule has 0 radical (unpaired) electrons. The van der Waals surface area contributed by atoms with E-state index >= 15 is 0 Å². The lowest BCUT2D eigenvalue weighted by Gasteiger charge is -2.13. The fourth-order valence-electron chi connectivity index (χ4n) is 2.95. The van der Waals surface area contributed by atoms with Crippen molar-refractivity contribution in [1.82, 2.24) is 10.6 Å². The minimum atomic E-state index is -0.0962. The number of halogens is 1. The van der Waals surface area contributed by atoms with Crippen LogP contribution in [0.15, 0.2) is 29.3 Å². The van der Waals surface area contributed by atoms with Crippen molar-refractivity contribution in [2.24, 2.45) is 4.99 Å². The quantitative estimate of drug-likeness (QED) is 0.646. The molecular weight excluding hydrogens is 297 g/mol. The van der Waals surface area contributed by atoms with E-state index < -0.39 is 0 Å². The van der Waals surface area contributed by atoms with Gasteiger partial charge in [0.25, 0.3) is 0 Å². The van der Waals surface area contributed by atoms with Crippen LogP contribution in [0.1, 0.15) is 37.7 Å². The van der Waals surface area contributed by atoms with Gasteiger partial charge >= 0.3 is 0 Å². The Morgan fingerprint density at radius 3 is 3.00 bits per heavy atom. The summed E-state index contributed by atoms with van der Waals surface area (Å²) in [6.07, 6.45) is 3.56. The van der Waals surface area contributed by atoms with Gasteiger partial charge in [-0.3, -0.25) is 4.99 Å². The molecule has 3 nitrogen and oxygen atoms in total. The third-order valence-corrected chi connectivity index (χ3v) is 5.62. The number of nitrogens with one attached hydrogen (secondary N) is 2. The molecule has 2 N–H and O–H groups in total. The van der Waals surface area contributed by atoms with E-state index in [1.807, 2.05) is 23.9 Å². The molecule has 1 aliphatic heterocycles. The van der Waals surface area contributed by atoms with E-state index in [0.717, 1.165) is 31.0 Å². The molecule has 0 spiro atoms. The smallest absolute Gasteiger partial charge is 0.191 e. The molecule has 5 heteroatoms. The van der Waals surface area contributed by atoms with Gasteiger partial charge in [-0.15, -0.1) is 0 Å². The van der Waals surface area contributed by atoms with E-state index in [0.29, 0.717) is 11.3 Å². The zero-order chi connectivity index (χ0) is 15.4. The summed E-state index contributed by atoms with van der Waals surface area (Å²) in [4.78, 5) is 4.71. The van der Waals surface area contributed by atoms with Gasteiger partial charge in [-0.2, -0.15) is 11.8 Å². The number of thioether (sulfide) groups is 1. The fraction of sp³-hybridized carbons (Fsp3) is 0.588. The second-order valence-electron chi connectivity index (χ2n) is 5.97. The zero-order valence-corrected chi connectivity index (χ0v) is 13.8. The van der Waals surface area contributed by atoms with Crippen molar-refractivity contribution in [2.45, 2.75) is 43.4 Å². The molecule has 2 fully saturated rings. The average Bonchev–Trinajstić information content (AvgIpc) is 3.07. The number of hydrogen-bond acceptors (Lipinski definition) is 2. The first-order valence-corrected chi connectivity index (χ1v) is 9.23. The number of aliphatic imine (C=N–C) groups is 1. The van der Waals surface area contributed by atoms with Crippen molar-refractivity contribution in [2.75, 3.05) is 18.8 Å². The summed E-state index contributed by atoms with van der Waals surface area (Å²) in [5.41, 5.74) is 0.821. The third-order valence-electron chi connectivity index (χ3n) is 4.24. The van der Waals surface area contributed by atoms with Crippen LogP contribution in [-0.2, 0) is 0 Å². The highest BCUT2D eigenvalue weighted by Crippen LogP contribution is 2.41. The maximum absolute atomic E-state index is 13.8. The maximum Gasteiger partial charge on any atom is 0.191 e. The van der Waals surface area contributed by atoms with E-state index in [1.165, 1.54) is 18.6 Å². The summed E-state index contributed by atoms with van der Waals surface area (Å²) < 4.78 is 13.8. The first kappa shape index (κ1) is 15.7. The normalized spacial score (nSPS) is 27.7. The van der Waals surface area contributed by atoms with E-state index in [9.17, 15) is 4.39 Å². The van der Waals surface area contributed by atoms with Crippen molar-refractivity contribution in [1.29, 1.82) is 0 Å². The van der Waals surface area contributed by atoms with E-state index in [2.05, 4.69) is 17.6 Å². The molecule has 0 bridgehead atoms. The largest absolute Gasteiger partial charge is 0.357 e. The van der Waals surface area contributed by atoms with Crippen LogP contribution in [0, 0.1) is 5.82 Å². The van der Waals surface area contributed by atoms with Crippen LogP contribution in [0.4, 0.5) is 4.39 Å². The minimum absolute atomic E-state index is 0.0962. The zero-order valence-electron chi connectivity index (χ0n) is 13.0. The molecule has 3 unspecified atom stereocenters. The minimum Gasteiger partial charge on any atom is -0.357 e. The highest BCUT2D eigenvalue weighted by Gasteiger charge is 2.40. The number of nitrogens with zero attached hydrogens (tertiary/aromatic N) is 1. The van der Waals surface area contributed by atoms with Crippen molar-refractivity contribution >= 4 is 17.7 Å². The monoisotopic (exact) mass is 321 g/mol. The molecule has 1 aliphatic carbocycles. The standard InChI is InChI=1S/C17H24FN3S/c1-2-19-17(20-11-12-6-5-9-22-12)21-16-10-14(16)13-7-3-4-8-15(13)18/h3-4,7-8,12,14,16H,2,5-6,9-11H2,1H3,(H2,19,20,21). The molecule has 22 heavy (non-hydrogen) atoms. The first-order valence-electron chi connectivity index (χ1n) is 8.18. The lowest BCUT2D eigenvalue weighted by atomic mass is 10.1. The van der Waals surface area contributed by atoms with Crippen LogP contribution in [0.2, 0.25) is 0 Å². The number of guanidine groups is 1. The molecule has 0 aromatic heterocycles. The summed E-state index contributed by atoms with van der Waals surface area (Å²) in [7, 11) is 0. The molecular formula is C17H24FN3S. The van der Waals surface area contributed by atoms with Gasteiger partial charge in [0.15, 0.2) is 5.96 Å². The summed E-state index contributed by atoms with van der Waals surface area (Å²) in [5, 5.41) is 7.42. The molecule has 0 amide bonds. The van der Waals surface area contributed by atoms with Crippen molar-refractivity contribution < 1.29 is 4.39 Å².